The average molecular weight is 201 g/mol. The first-order valence-electron chi connectivity index (χ1n) is 4.00. The predicted molar refractivity (Wildman–Crippen MR) is 50.0 cm³/mol. The molecule has 2 N–H and O–H groups in total. The summed E-state index contributed by atoms with van der Waals surface area (Å²) in [4.78, 5) is 10.2. The van der Waals surface area contributed by atoms with Gasteiger partial charge in [0.1, 0.15) is 5.01 Å². The lowest BCUT2D eigenvalue weighted by atomic mass is 10.4. The highest BCUT2D eigenvalue weighted by atomic mass is 32.1. The number of anilines is 1. The Morgan fingerprint density at radius 1 is 1.62 bits per heavy atom. The first-order chi connectivity index (χ1) is 6.22. The molecule has 5 nitrogen and oxygen atoms in total. The van der Waals surface area contributed by atoms with Gasteiger partial charge in [-0.25, -0.2) is 0 Å². The highest BCUT2D eigenvalue weighted by molar-refractivity contribution is 7.15. The Bertz CT molecular complexity index is 287. The van der Waals surface area contributed by atoms with E-state index in [0.29, 0.717) is 11.7 Å². The maximum absolute atomic E-state index is 10.2. The summed E-state index contributed by atoms with van der Waals surface area (Å²) in [5.74, 6) is -0.812. The molecule has 0 aromatic carbocycles. The minimum Gasteiger partial charge on any atom is -0.481 e. The molecule has 0 atom stereocenters. The van der Waals surface area contributed by atoms with Crippen molar-refractivity contribution in [1.82, 2.24) is 10.2 Å². The van der Waals surface area contributed by atoms with Crippen LogP contribution in [0.25, 0.3) is 0 Å². The standard InChI is InChI=1S/C7H11N3O2S/c1-2-5-9-10-7(13-5)8-4-3-6(11)12/h2-4H2,1H3,(H,8,10)(H,11,12). The van der Waals surface area contributed by atoms with E-state index in [0.717, 1.165) is 11.4 Å². The molecule has 0 aliphatic carbocycles. The third-order valence-corrected chi connectivity index (χ3v) is 2.41. The summed E-state index contributed by atoms with van der Waals surface area (Å²) >= 11 is 1.46. The minimum absolute atomic E-state index is 0.0983. The Morgan fingerprint density at radius 3 is 2.92 bits per heavy atom. The second kappa shape index (κ2) is 4.76. The average Bonchev–Trinajstić information content (AvgIpc) is 2.52. The SMILES string of the molecule is CCc1nnc(NCCC(=O)O)s1. The number of carbonyl (C=O) groups is 1. The molecule has 1 aromatic heterocycles. The summed E-state index contributed by atoms with van der Waals surface area (Å²) in [5.41, 5.74) is 0. The van der Waals surface area contributed by atoms with Crippen molar-refractivity contribution in [2.45, 2.75) is 19.8 Å². The summed E-state index contributed by atoms with van der Waals surface area (Å²) < 4.78 is 0. The van der Waals surface area contributed by atoms with Crippen LogP contribution in [0.15, 0.2) is 0 Å². The van der Waals surface area contributed by atoms with Crippen molar-refractivity contribution in [3.05, 3.63) is 5.01 Å². The van der Waals surface area contributed by atoms with E-state index in [9.17, 15) is 4.79 Å². The maximum Gasteiger partial charge on any atom is 0.305 e. The number of hydrogen-bond acceptors (Lipinski definition) is 5. The van der Waals surface area contributed by atoms with Crippen LogP contribution in [0, 0.1) is 0 Å². The van der Waals surface area contributed by atoms with E-state index in [2.05, 4.69) is 15.5 Å². The van der Waals surface area contributed by atoms with Crippen LogP contribution in [0.2, 0.25) is 0 Å². The number of nitrogens with one attached hydrogen (secondary N) is 1. The molecule has 0 saturated carbocycles. The Balaban J connectivity index is 2.32. The van der Waals surface area contributed by atoms with Gasteiger partial charge in [0, 0.05) is 6.54 Å². The number of rotatable bonds is 5. The van der Waals surface area contributed by atoms with Gasteiger partial charge in [-0.05, 0) is 6.42 Å². The molecule has 0 bridgehead atoms. The van der Waals surface area contributed by atoms with Crippen LogP contribution < -0.4 is 5.32 Å². The van der Waals surface area contributed by atoms with Crippen molar-refractivity contribution in [2.75, 3.05) is 11.9 Å². The third kappa shape index (κ3) is 3.37. The monoisotopic (exact) mass is 201 g/mol. The Morgan fingerprint density at radius 2 is 2.38 bits per heavy atom. The molecular weight excluding hydrogens is 190 g/mol. The van der Waals surface area contributed by atoms with Gasteiger partial charge in [0.2, 0.25) is 5.13 Å². The topological polar surface area (TPSA) is 75.1 Å². The van der Waals surface area contributed by atoms with Crippen LogP contribution in [0.1, 0.15) is 18.4 Å². The van der Waals surface area contributed by atoms with Gasteiger partial charge in [0.25, 0.3) is 0 Å². The Labute approximate surface area is 79.8 Å². The molecule has 0 radical (unpaired) electrons. The summed E-state index contributed by atoms with van der Waals surface area (Å²) in [7, 11) is 0. The van der Waals surface area contributed by atoms with Gasteiger partial charge in [-0.3, -0.25) is 4.79 Å². The normalized spacial score (nSPS) is 9.92. The van der Waals surface area contributed by atoms with Crippen LogP contribution in [-0.2, 0) is 11.2 Å². The number of carboxylic acid groups (broad SMARTS) is 1. The number of hydrogen-bond donors (Lipinski definition) is 2. The quantitative estimate of drug-likeness (QED) is 0.743. The second-order valence-corrected chi connectivity index (χ2v) is 3.49. The van der Waals surface area contributed by atoms with Gasteiger partial charge in [0.15, 0.2) is 0 Å². The van der Waals surface area contributed by atoms with Gasteiger partial charge in [0.05, 0.1) is 6.42 Å². The van der Waals surface area contributed by atoms with E-state index >= 15 is 0 Å². The number of nitrogens with zero attached hydrogens (tertiary/aromatic N) is 2. The highest BCUT2D eigenvalue weighted by Gasteiger charge is 2.02. The molecule has 6 heteroatoms. The van der Waals surface area contributed by atoms with Crippen LogP contribution >= 0.6 is 11.3 Å². The molecule has 1 heterocycles. The first-order valence-corrected chi connectivity index (χ1v) is 4.82. The highest BCUT2D eigenvalue weighted by Crippen LogP contribution is 2.14. The molecule has 0 amide bonds. The van der Waals surface area contributed by atoms with Gasteiger partial charge in [-0.2, -0.15) is 0 Å². The van der Waals surface area contributed by atoms with Crippen LogP contribution in [-0.4, -0.2) is 27.8 Å². The van der Waals surface area contributed by atoms with Gasteiger partial charge >= 0.3 is 5.97 Å². The predicted octanol–water partition coefficient (Wildman–Crippen LogP) is 0.987. The zero-order valence-electron chi connectivity index (χ0n) is 7.28. The summed E-state index contributed by atoms with van der Waals surface area (Å²) in [6, 6.07) is 0. The maximum atomic E-state index is 10.2. The molecule has 0 fully saturated rings. The van der Waals surface area contributed by atoms with Crippen molar-refractivity contribution < 1.29 is 9.90 Å². The Kier molecular flexibility index (Phi) is 3.63. The number of carboxylic acids is 1. The van der Waals surface area contributed by atoms with Gasteiger partial charge in [-0.1, -0.05) is 18.3 Å². The fourth-order valence-corrected chi connectivity index (χ4v) is 1.45. The molecular formula is C7H11N3O2S. The van der Waals surface area contributed by atoms with Gasteiger partial charge in [-0.15, -0.1) is 10.2 Å². The summed E-state index contributed by atoms with van der Waals surface area (Å²) in [6.07, 6.45) is 0.958. The van der Waals surface area contributed by atoms with E-state index in [-0.39, 0.29) is 6.42 Å². The molecule has 0 unspecified atom stereocenters. The lowest BCUT2D eigenvalue weighted by Gasteiger charge is -1.96. The van der Waals surface area contributed by atoms with E-state index in [1.54, 1.807) is 0 Å². The third-order valence-electron chi connectivity index (χ3n) is 1.38. The number of aromatic nitrogens is 2. The van der Waals surface area contributed by atoms with Crippen LogP contribution in [0.4, 0.5) is 5.13 Å². The minimum atomic E-state index is -0.812. The molecule has 0 saturated heterocycles. The molecule has 0 aliphatic rings. The fourth-order valence-electron chi connectivity index (χ4n) is 0.744. The second-order valence-electron chi connectivity index (χ2n) is 2.43. The molecule has 0 spiro atoms. The molecule has 0 aliphatic heterocycles. The zero-order chi connectivity index (χ0) is 9.68. The van der Waals surface area contributed by atoms with Crippen molar-refractivity contribution in [1.29, 1.82) is 0 Å². The van der Waals surface area contributed by atoms with E-state index in [1.165, 1.54) is 11.3 Å². The Hall–Kier alpha value is -1.17. The molecule has 1 aromatic rings. The van der Waals surface area contributed by atoms with Crippen molar-refractivity contribution in [3.63, 3.8) is 0 Å². The zero-order valence-corrected chi connectivity index (χ0v) is 8.10. The molecule has 72 valence electrons. The lowest BCUT2D eigenvalue weighted by Crippen LogP contribution is -2.07. The largest absolute Gasteiger partial charge is 0.481 e. The number of aliphatic carboxylic acids is 1. The van der Waals surface area contributed by atoms with Crippen molar-refractivity contribution in [2.24, 2.45) is 0 Å². The number of aryl methyl sites for hydroxylation is 1. The van der Waals surface area contributed by atoms with E-state index < -0.39 is 5.97 Å². The summed E-state index contributed by atoms with van der Waals surface area (Å²) in [6.45, 7) is 2.40. The first kappa shape index (κ1) is 9.91. The fraction of sp³-hybridized carbons (Fsp3) is 0.571. The summed E-state index contributed by atoms with van der Waals surface area (Å²) in [5, 5.41) is 20.7. The van der Waals surface area contributed by atoms with E-state index in [1.807, 2.05) is 6.92 Å². The van der Waals surface area contributed by atoms with E-state index in [4.69, 9.17) is 5.11 Å². The van der Waals surface area contributed by atoms with Crippen molar-refractivity contribution >= 4 is 22.4 Å². The molecule has 13 heavy (non-hydrogen) atoms. The van der Waals surface area contributed by atoms with Crippen LogP contribution in [0.3, 0.4) is 0 Å². The van der Waals surface area contributed by atoms with Crippen LogP contribution in [0.5, 0.6) is 0 Å². The molecule has 1 rings (SSSR count). The lowest BCUT2D eigenvalue weighted by molar-refractivity contribution is -0.136. The van der Waals surface area contributed by atoms with Crippen molar-refractivity contribution in [3.8, 4) is 0 Å². The van der Waals surface area contributed by atoms with Gasteiger partial charge < -0.3 is 10.4 Å². The smallest absolute Gasteiger partial charge is 0.305 e.